The van der Waals surface area contributed by atoms with Gasteiger partial charge in [0.15, 0.2) is 0 Å². The van der Waals surface area contributed by atoms with E-state index in [4.69, 9.17) is 20.4 Å². The Bertz CT molecular complexity index is 72.1. The summed E-state index contributed by atoms with van der Waals surface area (Å²) in [6, 6.07) is 0. The van der Waals surface area contributed by atoms with E-state index in [0.717, 1.165) is 6.42 Å². The molecule has 13 heavy (non-hydrogen) atoms. The van der Waals surface area contributed by atoms with Gasteiger partial charge in [0.1, 0.15) is 0 Å². The second-order valence-electron chi connectivity index (χ2n) is 3.05. The number of rotatable bonds is 5. The van der Waals surface area contributed by atoms with Gasteiger partial charge in [0, 0.05) is 12.0 Å². The zero-order chi connectivity index (χ0) is 10.7. The van der Waals surface area contributed by atoms with Gasteiger partial charge in [-0.15, -0.1) is 0 Å². The van der Waals surface area contributed by atoms with Gasteiger partial charge in [-0.05, 0) is 12.8 Å². The second kappa shape index (κ2) is 9.92. The molecule has 0 aliphatic carbocycles. The van der Waals surface area contributed by atoms with Crippen molar-refractivity contribution in [3.63, 3.8) is 0 Å². The predicted molar refractivity (Wildman–Crippen MR) is 51.4 cm³/mol. The van der Waals surface area contributed by atoms with Gasteiger partial charge in [0.25, 0.3) is 0 Å². The van der Waals surface area contributed by atoms with E-state index in [1.165, 1.54) is 0 Å². The molecule has 0 heterocycles. The molecule has 0 bridgehead atoms. The third-order valence-corrected chi connectivity index (χ3v) is 1.98. The first-order valence-electron chi connectivity index (χ1n) is 4.59. The summed E-state index contributed by atoms with van der Waals surface area (Å²) >= 11 is 0. The number of aliphatic hydroxyl groups excluding tert-OH is 4. The SMILES string of the molecule is CCC(CO)(CO)CO.CCCO. The zero-order valence-corrected chi connectivity index (χ0v) is 8.53. The van der Waals surface area contributed by atoms with Gasteiger partial charge in [-0.25, -0.2) is 0 Å². The highest BCUT2D eigenvalue weighted by Gasteiger charge is 2.24. The average Bonchev–Trinajstić information content (AvgIpc) is 2.23. The highest BCUT2D eigenvalue weighted by atomic mass is 16.3. The summed E-state index contributed by atoms with van der Waals surface area (Å²) in [7, 11) is 0. The van der Waals surface area contributed by atoms with E-state index in [9.17, 15) is 0 Å². The Morgan fingerprint density at radius 1 is 0.846 bits per heavy atom. The average molecular weight is 194 g/mol. The van der Waals surface area contributed by atoms with E-state index in [2.05, 4.69) is 0 Å². The maximum atomic E-state index is 8.66. The van der Waals surface area contributed by atoms with Crippen LogP contribution < -0.4 is 0 Å². The van der Waals surface area contributed by atoms with Crippen LogP contribution in [0, 0.1) is 5.41 Å². The van der Waals surface area contributed by atoms with E-state index in [-0.39, 0.29) is 19.8 Å². The van der Waals surface area contributed by atoms with Gasteiger partial charge in [-0.1, -0.05) is 13.8 Å². The molecule has 0 spiro atoms. The molecule has 82 valence electrons. The molecule has 0 aromatic heterocycles. The molecule has 0 aliphatic heterocycles. The fourth-order valence-corrected chi connectivity index (χ4v) is 0.485. The molecule has 4 N–H and O–H groups in total. The van der Waals surface area contributed by atoms with Crippen molar-refractivity contribution in [1.82, 2.24) is 0 Å². The first kappa shape index (κ1) is 15.3. The lowest BCUT2D eigenvalue weighted by Crippen LogP contribution is -2.32. The third kappa shape index (κ3) is 6.95. The monoisotopic (exact) mass is 194 g/mol. The molecule has 0 saturated heterocycles. The summed E-state index contributed by atoms with van der Waals surface area (Å²) in [5.74, 6) is 0. The van der Waals surface area contributed by atoms with Crippen LogP contribution >= 0.6 is 0 Å². The molecule has 0 aliphatic rings. The van der Waals surface area contributed by atoms with Crippen LogP contribution in [0.25, 0.3) is 0 Å². The lowest BCUT2D eigenvalue weighted by atomic mass is 9.88. The van der Waals surface area contributed by atoms with Crippen molar-refractivity contribution in [2.24, 2.45) is 5.41 Å². The van der Waals surface area contributed by atoms with Gasteiger partial charge < -0.3 is 20.4 Å². The Hall–Kier alpha value is -0.160. The summed E-state index contributed by atoms with van der Waals surface area (Å²) in [4.78, 5) is 0. The van der Waals surface area contributed by atoms with Crippen molar-refractivity contribution in [3.05, 3.63) is 0 Å². The van der Waals surface area contributed by atoms with E-state index in [1.54, 1.807) is 0 Å². The number of aliphatic hydroxyl groups is 4. The number of hydrogen-bond donors (Lipinski definition) is 4. The molecule has 0 atom stereocenters. The Kier molecular flexibility index (Phi) is 11.7. The van der Waals surface area contributed by atoms with Crippen LogP contribution in [0.3, 0.4) is 0 Å². The zero-order valence-electron chi connectivity index (χ0n) is 8.53. The molecule has 0 radical (unpaired) electrons. The fourth-order valence-electron chi connectivity index (χ4n) is 0.485. The minimum atomic E-state index is -0.667. The van der Waals surface area contributed by atoms with E-state index < -0.39 is 5.41 Å². The van der Waals surface area contributed by atoms with Crippen LogP contribution in [0.5, 0.6) is 0 Å². The van der Waals surface area contributed by atoms with Gasteiger partial charge in [0.2, 0.25) is 0 Å². The van der Waals surface area contributed by atoms with Crippen LogP contribution in [0.1, 0.15) is 26.7 Å². The quantitative estimate of drug-likeness (QED) is 0.486. The smallest absolute Gasteiger partial charge is 0.0531 e. The maximum Gasteiger partial charge on any atom is 0.0531 e. The Labute approximate surface area is 79.8 Å². The van der Waals surface area contributed by atoms with Crippen molar-refractivity contribution >= 4 is 0 Å². The first-order valence-corrected chi connectivity index (χ1v) is 4.59. The largest absolute Gasteiger partial charge is 0.396 e. The van der Waals surface area contributed by atoms with Gasteiger partial charge >= 0.3 is 0 Å². The molecule has 0 rings (SSSR count). The molecular formula is C9H22O4. The molecule has 4 heteroatoms. The van der Waals surface area contributed by atoms with E-state index >= 15 is 0 Å². The molecule has 0 amide bonds. The predicted octanol–water partition coefficient (Wildman–Crippen LogP) is -0.252. The van der Waals surface area contributed by atoms with Gasteiger partial charge in [-0.3, -0.25) is 0 Å². The Morgan fingerprint density at radius 3 is 1.15 bits per heavy atom. The molecule has 0 aromatic carbocycles. The summed E-state index contributed by atoms with van der Waals surface area (Å²) in [6.45, 7) is 3.60. The number of hydrogen-bond acceptors (Lipinski definition) is 4. The van der Waals surface area contributed by atoms with Crippen LogP contribution in [-0.2, 0) is 0 Å². The van der Waals surface area contributed by atoms with E-state index in [1.807, 2.05) is 13.8 Å². The summed E-state index contributed by atoms with van der Waals surface area (Å²) in [5, 5.41) is 33.8. The normalized spacial score (nSPS) is 10.6. The van der Waals surface area contributed by atoms with Crippen LogP contribution in [-0.4, -0.2) is 46.9 Å². The van der Waals surface area contributed by atoms with Crippen LogP contribution in [0.4, 0.5) is 0 Å². The Balaban J connectivity index is 0. The molecule has 0 unspecified atom stereocenters. The molecule has 4 nitrogen and oxygen atoms in total. The van der Waals surface area contributed by atoms with Crippen molar-refractivity contribution in [2.75, 3.05) is 26.4 Å². The highest BCUT2D eigenvalue weighted by molar-refractivity contribution is 4.74. The fraction of sp³-hybridized carbons (Fsp3) is 1.00. The summed E-state index contributed by atoms with van der Waals surface area (Å²) in [6.07, 6.45) is 1.47. The standard InChI is InChI=1S/C6H14O3.C3H8O/c1-2-6(3-7,4-8)5-9;1-2-3-4/h7-9H,2-5H2,1H3;4H,2-3H2,1H3. The van der Waals surface area contributed by atoms with Crippen molar-refractivity contribution in [2.45, 2.75) is 26.7 Å². The molecule has 0 saturated carbocycles. The summed E-state index contributed by atoms with van der Waals surface area (Å²) in [5.41, 5.74) is -0.667. The molecule has 0 aromatic rings. The first-order chi connectivity index (χ1) is 6.16. The minimum Gasteiger partial charge on any atom is -0.396 e. The van der Waals surface area contributed by atoms with Crippen molar-refractivity contribution < 1.29 is 20.4 Å². The minimum absolute atomic E-state index is 0.156. The lowest BCUT2D eigenvalue weighted by Gasteiger charge is -2.24. The molecular weight excluding hydrogens is 172 g/mol. The third-order valence-electron chi connectivity index (χ3n) is 1.98. The molecule has 0 fully saturated rings. The summed E-state index contributed by atoms with van der Waals surface area (Å²) < 4.78 is 0. The second-order valence-corrected chi connectivity index (χ2v) is 3.05. The maximum absolute atomic E-state index is 8.66. The highest BCUT2D eigenvalue weighted by Crippen LogP contribution is 2.18. The van der Waals surface area contributed by atoms with Gasteiger partial charge in [-0.2, -0.15) is 0 Å². The van der Waals surface area contributed by atoms with Crippen molar-refractivity contribution in [1.29, 1.82) is 0 Å². The van der Waals surface area contributed by atoms with Crippen LogP contribution in [0.15, 0.2) is 0 Å². The Morgan fingerprint density at radius 2 is 1.15 bits per heavy atom. The van der Waals surface area contributed by atoms with E-state index in [0.29, 0.717) is 13.0 Å². The van der Waals surface area contributed by atoms with Crippen molar-refractivity contribution in [3.8, 4) is 0 Å². The topological polar surface area (TPSA) is 80.9 Å². The van der Waals surface area contributed by atoms with Crippen LogP contribution in [0.2, 0.25) is 0 Å². The van der Waals surface area contributed by atoms with Gasteiger partial charge in [0.05, 0.1) is 19.8 Å². The lowest BCUT2D eigenvalue weighted by molar-refractivity contribution is 0.00304.